The molecule has 0 unspecified atom stereocenters. The lowest BCUT2D eigenvalue weighted by atomic mass is 10.2. The Balaban J connectivity index is 2.32. The van der Waals surface area contributed by atoms with E-state index in [0.717, 1.165) is 49.1 Å². The number of nitrogens with one attached hydrogen (secondary N) is 1. The van der Waals surface area contributed by atoms with Crippen LogP contribution in [0.5, 0.6) is 5.75 Å². The maximum atomic E-state index is 5.95. The number of hydrogen-bond acceptors (Lipinski definition) is 3. The molecule has 1 aromatic rings. The third kappa shape index (κ3) is 5.39. The van der Waals surface area contributed by atoms with Crippen LogP contribution in [0.4, 0.5) is 0 Å². The summed E-state index contributed by atoms with van der Waals surface area (Å²) in [7, 11) is 1.67. The smallest absolute Gasteiger partial charge is 0.123 e. The Bertz CT molecular complexity index is 331. The quantitative estimate of drug-likeness (QED) is 0.727. The van der Waals surface area contributed by atoms with Gasteiger partial charge in [0, 0.05) is 30.3 Å². The maximum absolute atomic E-state index is 5.95. The number of halogens is 1. The van der Waals surface area contributed by atoms with Crippen LogP contribution < -0.4 is 10.1 Å². The fourth-order valence-electron chi connectivity index (χ4n) is 1.55. The Morgan fingerprint density at radius 1 is 1.35 bits per heavy atom. The Labute approximate surface area is 108 Å². The highest BCUT2D eigenvalue weighted by molar-refractivity contribution is 6.30. The lowest BCUT2D eigenvalue weighted by molar-refractivity contribution is 0.144. The van der Waals surface area contributed by atoms with E-state index in [1.54, 1.807) is 7.11 Å². The van der Waals surface area contributed by atoms with Gasteiger partial charge in [-0.3, -0.25) is 0 Å². The molecule has 96 valence electrons. The van der Waals surface area contributed by atoms with Crippen LogP contribution in [0.1, 0.15) is 18.9 Å². The zero-order chi connectivity index (χ0) is 12.5. The van der Waals surface area contributed by atoms with Crippen molar-refractivity contribution in [3.05, 3.63) is 28.8 Å². The van der Waals surface area contributed by atoms with E-state index in [1.807, 2.05) is 25.1 Å². The van der Waals surface area contributed by atoms with Gasteiger partial charge in [0.05, 0.1) is 7.11 Å². The van der Waals surface area contributed by atoms with Crippen LogP contribution in [0.15, 0.2) is 18.2 Å². The van der Waals surface area contributed by atoms with Crippen molar-refractivity contribution in [3.63, 3.8) is 0 Å². The minimum Gasteiger partial charge on any atom is -0.496 e. The first kappa shape index (κ1) is 14.3. The molecule has 0 radical (unpaired) electrons. The highest BCUT2D eigenvalue weighted by Crippen LogP contribution is 2.22. The molecular formula is C13H20ClNO2. The molecule has 0 aromatic heterocycles. The highest BCUT2D eigenvalue weighted by atomic mass is 35.5. The maximum Gasteiger partial charge on any atom is 0.123 e. The molecule has 0 bridgehead atoms. The summed E-state index contributed by atoms with van der Waals surface area (Å²) >= 11 is 5.95. The molecule has 3 nitrogen and oxygen atoms in total. The lowest BCUT2D eigenvalue weighted by Gasteiger charge is -2.10. The Morgan fingerprint density at radius 2 is 2.18 bits per heavy atom. The summed E-state index contributed by atoms with van der Waals surface area (Å²) in [5.74, 6) is 0.867. The molecule has 17 heavy (non-hydrogen) atoms. The van der Waals surface area contributed by atoms with E-state index >= 15 is 0 Å². The first-order valence-corrected chi connectivity index (χ1v) is 6.26. The van der Waals surface area contributed by atoms with Gasteiger partial charge in [-0.1, -0.05) is 11.6 Å². The van der Waals surface area contributed by atoms with Crippen LogP contribution in [-0.4, -0.2) is 26.9 Å². The molecule has 0 fully saturated rings. The summed E-state index contributed by atoms with van der Waals surface area (Å²) in [5, 5.41) is 4.08. The van der Waals surface area contributed by atoms with Gasteiger partial charge in [-0.25, -0.2) is 0 Å². The third-order valence-corrected chi connectivity index (χ3v) is 2.64. The molecule has 0 amide bonds. The van der Waals surface area contributed by atoms with Crippen molar-refractivity contribution in [2.24, 2.45) is 0 Å². The molecule has 0 atom stereocenters. The van der Waals surface area contributed by atoms with Crippen LogP contribution in [0.3, 0.4) is 0 Å². The van der Waals surface area contributed by atoms with Gasteiger partial charge in [0.1, 0.15) is 5.75 Å². The van der Waals surface area contributed by atoms with Crippen molar-refractivity contribution in [2.75, 3.05) is 26.9 Å². The molecular weight excluding hydrogens is 238 g/mol. The standard InChI is InChI=1S/C13H20ClNO2/c1-3-17-8-4-7-15-10-11-9-12(14)5-6-13(11)16-2/h5-6,9,15H,3-4,7-8,10H2,1-2H3. The molecule has 0 heterocycles. The Hall–Kier alpha value is -0.770. The van der Waals surface area contributed by atoms with Gasteiger partial charge < -0.3 is 14.8 Å². The van der Waals surface area contributed by atoms with Crippen molar-refractivity contribution >= 4 is 11.6 Å². The molecule has 1 N–H and O–H groups in total. The number of benzene rings is 1. The van der Waals surface area contributed by atoms with Crippen molar-refractivity contribution in [2.45, 2.75) is 19.9 Å². The number of rotatable bonds is 8. The van der Waals surface area contributed by atoms with Gasteiger partial charge in [-0.2, -0.15) is 0 Å². The number of methoxy groups -OCH3 is 1. The summed E-state index contributed by atoms with van der Waals surface area (Å²) in [5.41, 5.74) is 1.08. The van der Waals surface area contributed by atoms with Crippen LogP contribution in [-0.2, 0) is 11.3 Å². The molecule has 0 aliphatic carbocycles. The fourth-order valence-corrected chi connectivity index (χ4v) is 1.75. The van der Waals surface area contributed by atoms with Gasteiger partial charge in [0.2, 0.25) is 0 Å². The van der Waals surface area contributed by atoms with Gasteiger partial charge in [-0.15, -0.1) is 0 Å². The highest BCUT2D eigenvalue weighted by Gasteiger charge is 2.02. The second-order valence-electron chi connectivity index (χ2n) is 3.68. The molecule has 0 saturated heterocycles. The summed E-state index contributed by atoms with van der Waals surface area (Å²) in [4.78, 5) is 0. The summed E-state index contributed by atoms with van der Waals surface area (Å²) in [6.07, 6.45) is 1.01. The minimum absolute atomic E-state index is 0.733. The van der Waals surface area contributed by atoms with E-state index in [4.69, 9.17) is 21.1 Å². The normalized spacial score (nSPS) is 10.5. The monoisotopic (exact) mass is 257 g/mol. The summed E-state index contributed by atoms with van der Waals surface area (Å²) < 4.78 is 10.5. The second kappa shape index (κ2) is 8.34. The van der Waals surface area contributed by atoms with Crippen molar-refractivity contribution in [1.29, 1.82) is 0 Å². The molecule has 1 rings (SSSR count). The average Bonchev–Trinajstić information content (AvgIpc) is 2.34. The fraction of sp³-hybridized carbons (Fsp3) is 0.538. The molecule has 0 aliphatic heterocycles. The van der Waals surface area contributed by atoms with Gasteiger partial charge in [0.15, 0.2) is 0 Å². The van der Waals surface area contributed by atoms with Crippen molar-refractivity contribution in [1.82, 2.24) is 5.32 Å². The van der Waals surface area contributed by atoms with Gasteiger partial charge in [-0.05, 0) is 38.1 Å². The molecule has 4 heteroatoms. The van der Waals surface area contributed by atoms with E-state index in [2.05, 4.69) is 5.32 Å². The SMILES string of the molecule is CCOCCCNCc1cc(Cl)ccc1OC. The van der Waals surface area contributed by atoms with Crippen molar-refractivity contribution in [3.8, 4) is 5.75 Å². The van der Waals surface area contributed by atoms with E-state index in [9.17, 15) is 0 Å². The third-order valence-electron chi connectivity index (χ3n) is 2.40. The predicted octanol–water partition coefficient (Wildman–Crippen LogP) is 2.86. The van der Waals surface area contributed by atoms with Crippen LogP contribution >= 0.6 is 11.6 Å². The Morgan fingerprint density at radius 3 is 2.88 bits per heavy atom. The predicted molar refractivity (Wildman–Crippen MR) is 70.8 cm³/mol. The first-order chi connectivity index (χ1) is 8.27. The number of hydrogen-bond donors (Lipinski definition) is 1. The minimum atomic E-state index is 0.733. The van der Waals surface area contributed by atoms with E-state index in [0.29, 0.717) is 0 Å². The number of ether oxygens (including phenoxy) is 2. The van der Waals surface area contributed by atoms with Gasteiger partial charge in [0.25, 0.3) is 0 Å². The summed E-state index contributed by atoms with van der Waals surface area (Å²) in [6.45, 7) is 5.27. The Kier molecular flexibility index (Phi) is 7.01. The average molecular weight is 258 g/mol. The lowest BCUT2D eigenvalue weighted by Crippen LogP contribution is -2.16. The van der Waals surface area contributed by atoms with Crippen molar-refractivity contribution < 1.29 is 9.47 Å². The van der Waals surface area contributed by atoms with E-state index in [-0.39, 0.29) is 0 Å². The van der Waals surface area contributed by atoms with Gasteiger partial charge >= 0.3 is 0 Å². The van der Waals surface area contributed by atoms with Crippen LogP contribution in [0, 0.1) is 0 Å². The first-order valence-electron chi connectivity index (χ1n) is 5.88. The largest absolute Gasteiger partial charge is 0.496 e. The molecule has 0 spiro atoms. The topological polar surface area (TPSA) is 30.5 Å². The van der Waals surface area contributed by atoms with E-state index in [1.165, 1.54) is 0 Å². The molecule has 0 aliphatic rings. The second-order valence-corrected chi connectivity index (χ2v) is 4.12. The summed E-state index contributed by atoms with van der Waals surface area (Å²) in [6, 6.07) is 5.65. The zero-order valence-electron chi connectivity index (χ0n) is 10.5. The van der Waals surface area contributed by atoms with Crippen LogP contribution in [0.25, 0.3) is 0 Å². The molecule has 1 aromatic carbocycles. The molecule has 0 saturated carbocycles. The van der Waals surface area contributed by atoms with Crippen LogP contribution in [0.2, 0.25) is 5.02 Å². The zero-order valence-corrected chi connectivity index (χ0v) is 11.2. The van der Waals surface area contributed by atoms with E-state index < -0.39 is 0 Å².